The summed E-state index contributed by atoms with van der Waals surface area (Å²) in [6, 6.07) is 0. The van der Waals surface area contributed by atoms with E-state index in [1.807, 2.05) is 0 Å². The third kappa shape index (κ3) is 5.88. The van der Waals surface area contributed by atoms with Crippen molar-refractivity contribution in [3.8, 4) is 0 Å². The molecule has 3 heteroatoms. The van der Waals surface area contributed by atoms with Gasteiger partial charge < -0.3 is 5.21 Å². The second-order valence-corrected chi connectivity index (χ2v) is 1.85. The lowest BCUT2D eigenvalue weighted by Gasteiger charge is -2.10. The highest BCUT2D eigenvalue weighted by atomic mass is 16.8. The van der Waals surface area contributed by atoms with Crippen LogP contribution in [0.4, 0.5) is 0 Å². The molecular weight excluding hydrogens is 106 g/mol. The molecule has 0 bridgehead atoms. The summed E-state index contributed by atoms with van der Waals surface area (Å²) in [5.74, 6) is 0. The van der Waals surface area contributed by atoms with Crippen LogP contribution in [0.25, 0.3) is 0 Å². The Kier molecular flexibility index (Phi) is 4.95. The van der Waals surface area contributed by atoms with E-state index in [2.05, 4.69) is 6.92 Å². The summed E-state index contributed by atoms with van der Waals surface area (Å²) in [4.78, 5) is 0. The molecule has 1 atom stereocenters. The van der Waals surface area contributed by atoms with Gasteiger partial charge in [-0.1, -0.05) is 13.3 Å². The molecule has 3 nitrogen and oxygen atoms in total. The van der Waals surface area contributed by atoms with Crippen LogP contribution in [-0.2, 0) is 0 Å². The summed E-state index contributed by atoms with van der Waals surface area (Å²) in [6.45, 7) is 2.38. The predicted octanol–water partition coefficient (Wildman–Crippen LogP) is -0.0515. The smallest absolute Gasteiger partial charge is 0.106 e. The normalized spacial score (nSPS) is 13.9. The van der Waals surface area contributed by atoms with E-state index < -0.39 is 5.23 Å². The fourth-order valence-corrected chi connectivity index (χ4v) is 0.526. The highest BCUT2D eigenvalue weighted by Crippen LogP contribution is 1.88. The number of hydroxylamine groups is 2. The molecule has 50 valence electrons. The van der Waals surface area contributed by atoms with Gasteiger partial charge in [-0.3, -0.25) is 0 Å². The molecule has 0 aromatic heterocycles. The fourth-order valence-electron chi connectivity index (χ4n) is 0.526. The summed E-state index contributed by atoms with van der Waals surface area (Å²) in [6.07, 6.45) is 2.95. The van der Waals surface area contributed by atoms with E-state index >= 15 is 0 Å². The molecule has 0 spiro atoms. The van der Waals surface area contributed by atoms with E-state index in [0.29, 0.717) is 6.54 Å². The molecule has 2 N–H and O–H groups in total. The first-order chi connectivity index (χ1) is 3.77. The molecule has 0 aliphatic carbocycles. The monoisotopic (exact) mass is 119 g/mol. The van der Waals surface area contributed by atoms with Gasteiger partial charge in [-0.2, -0.15) is 0 Å². The largest absolute Gasteiger partial charge is 0.600 e. The Bertz CT molecular complexity index is 47.7. The van der Waals surface area contributed by atoms with Crippen LogP contribution in [0.5, 0.6) is 0 Å². The van der Waals surface area contributed by atoms with E-state index in [9.17, 15) is 5.21 Å². The van der Waals surface area contributed by atoms with Crippen LogP contribution in [0, 0.1) is 5.21 Å². The van der Waals surface area contributed by atoms with Gasteiger partial charge >= 0.3 is 0 Å². The zero-order valence-corrected chi connectivity index (χ0v) is 5.18. The van der Waals surface area contributed by atoms with Gasteiger partial charge in [0, 0.05) is 0 Å². The van der Waals surface area contributed by atoms with E-state index in [1.54, 1.807) is 0 Å². The first kappa shape index (κ1) is 7.88. The van der Waals surface area contributed by atoms with Gasteiger partial charge in [-0.15, -0.1) is 0 Å². The van der Waals surface area contributed by atoms with Crippen molar-refractivity contribution in [1.29, 1.82) is 0 Å². The van der Waals surface area contributed by atoms with Crippen molar-refractivity contribution >= 4 is 0 Å². The maximum atomic E-state index is 9.87. The Morgan fingerprint density at radius 2 is 2.12 bits per heavy atom. The minimum absolute atomic E-state index is 0.327. The Hall–Kier alpha value is -0.120. The maximum Gasteiger partial charge on any atom is 0.106 e. The fraction of sp³-hybridized carbons (Fsp3) is 1.00. The van der Waals surface area contributed by atoms with Crippen molar-refractivity contribution in [2.24, 2.45) is 0 Å². The summed E-state index contributed by atoms with van der Waals surface area (Å²) >= 11 is 0. The summed E-state index contributed by atoms with van der Waals surface area (Å²) in [7, 11) is 0. The van der Waals surface area contributed by atoms with Crippen LogP contribution >= 0.6 is 0 Å². The molecule has 0 aromatic rings. The molecule has 0 aliphatic heterocycles. The Balaban J connectivity index is 2.72. The van der Waals surface area contributed by atoms with Crippen molar-refractivity contribution in [1.82, 2.24) is 0 Å². The number of unbranched alkanes of at least 4 members (excludes halogenated alkanes) is 2. The topological polar surface area (TPSA) is 47.7 Å². The van der Waals surface area contributed by atoms with Crippen molar-refractivity contribution in [3.63, 3.8) is 0 Å². The van der Waals surface area contributed by atoms with Crippen molar-refractivity contribution in [2.75, 3.05) is 6.54 Å². The van der Waals surface area contributed by atoms with Crippen LogP contribution in [0.3, 0.4) is 0 Å². The van der Waals surface area contributed by atoms with Gasteiger partial charge in [0.25, 0.3) is 0 Å². The average Bonchev–Trinajstić information content (AvgIpc) is 1.66. The lowest BCUT2D eigenvalue weighted by atomic mass is 10.2. The second kappa shape index (κ2) is 5.03. The van der Waals surface area contributed by atoms with Crippen LogP contribution in [0.2, 0.25) is 0 Å². The van der Waals surface area contributed by atoms with E-state index in [-0.39, 0.29) is 0 Å². The quantitative estimate of drug-likeness (QED) is 0.402. The molecule has 0 saturated carbocycles. The number of hydrogen-bond acceptors (Lipinski definition) is 2. The summed E-state index contributed by atoms with van der Waals surface area (Å²) in [5, 5.41) is 17.3. The SMILES string of the molecule is CCCCC[NH+]([O-])O. The van der Waals surface area contributed by atoms with Crippen LogP contribution < -0.4 is 5.23 Å². The van der Waals surface area contributed by atoms with Crippen molar-refractivity contribution in [3.05, 3.63) is 5.21 Å². The highest BCUT2D eigenvalue weighted by molar-refractivity contribution is 4.31. The highest BCUT2D eigenvalue weighted by Gasteiger charge is 1.88. The van der Waals surface area contributed by atoms with Gasteiger partial charge in [0.1, 0.15) is 6.54 Å². The number of hydrogen-bond donors (Lipinski definition) is 2. The first-order valence-corrected chi connectivity index (χ1v) is 2.99. The first-order valence-electron chi connectivity index (χ1n) is 2.99. The van der Waals surface area contributed by atoms with E-state index in [4.69, 9.17) is 5.21 Å². The van der Waals surface area contributed by atoms with Gasteiger partial charge in [0.15, 0.2) is 0 Å². The minimum atomic E-state index is -0.682. The van der Waals surface area contributed by atoms with Gasteiger partial charge in [0.2, 0.25) is 0 Å². The molecular formula is C5H13NO2. The predicted molar refractivity (Wildman–Crippen MR) is 30.5 cm³/mol. The Morgan fingerprint density at radius 1 is 1.50 bits per heavy atom. The summed E-state index contributed by atoms with van der Waals surface area (Å²) in [5.41, 5.74) is 0. The Labute approximate surface area is 49.5 Å². The zero-order chi connectivity index (χ0) is 6.41. The third-order valence-corrected chi connectivity index (χ3v) is 0.994. The van der Waals surface area contributed by atoms with E-state index in [1.165, 1.54) is 0 Å². The van der Waals surface area contributed by atoms with Crippen LogP contribution in [-0.4, -0.2) is 11.8 Å². The number of quaternary nitrogens is 1. The minimum Gasteiger partial charge on any atom is -0.600 e. The van der Waals surface area contributed by atoms with Crippen molar-refractivity contribution < 1.29 is 10.4 Å². The van der Waals surface area contributed by atoms with Gasteiger partial charge in [-0.05, 0) is 12.8 Å². The second-order valence-electron chi connectivity index (χ2n) is 1.85. The number of nitrogens with one attached hydrogen (secondary N) is 1. The molecule has 0 fully saturated rings. The maximum absolute atomic E-state index is 9.87. The molecule has 0 aromatic carbocycles. The van der Waals surface area contributed by atoms with Gasteiger partial charge in [-0.25, -0.2) is 10.4 Å². The molecule has 0 heterocycles. The lowest BCUT2D eigenvalue weighted by Crippen LogP contribution is -3.04. The zero-order valence-electron chi connectivity index (χ0n) is 5.18. The summed E-state index contributed by atoms with van der Waals surface area (Å²) < 4.78 is 0. The molecule has 8 heavy (non-hydrogen) atoms. The standard InChI is InChI=1S/C5H13NO2/c1-2-3-4-5-6(7)8/h6-7H,2-5H2,1H3. The average molecular weight is 119 g/mol. The molecule has 0 radical (unpaired) electrons. The van der Waals surface area contributed by atoms with Crippen LogP contribution in [0.1, 0.15) is 26.2 Å². The molecule has 0 saturated heterocycles. The van der Waals surface area contributed by atoms with E-state index in [0.717, 1.165) is 19.3 Å². The Morgan fingerprint density at radius 3 is 2.50 bits per heavy atom. The molecule has 0 amide bonds. The molecule has 0 aliphatic rings. The molecule has 0 rings (SSSR count). The third-order valence-electron chi connectivity index (χ3n) is 0.994. The van der Waals surface area contributed by atoms with Crippen molar-refractivity contribution in [2.45, 2.75) is 26.2 Å². The molecule has 1 unspecified atom stereocenters. The lowest BCUT2D eigenvalue weighted by molar-refractivity contribution is -1.05. The van der Waals surface area contributed by atoms with Gasteiger partial charge in [0.05, 0.1) is 0 Å². The number of rotatable bonds is 4. The van der Waals surface area contributed by atoms with Crippen LogP contribution in [0.15, 0.2) is 0 Å².